The number of hydrogen-bond donors (Lipinski definition) is 3. The quantitative estimate of drug-likeness (QED) is 0.559. The lowest BCUT2D eigenvalue weighted by atomic mass is 10.1. The van der Waals surface area contributed by atoms with Gasteiger partial charge in [0.2, 0.25) is 0 Å². The average Bonchev–Trinajstić information content (AvgIpc) is 3.14. The minimum absolute atomic E-state index is 0.373. The minimum Gasteiger partial charge on any atom is -0.383 e. The molecule has 0 spiro atoms. The second-order valence-electron chi connectivity index (χ2n) is 4.79. The molecule has 0 bridgehead atoms. The zero-order valence-corrected chi connectivity index (χ0v) is 13.0. The Morgan fingerprint density at radius 3 is 2.95 bits per heavy atom. The summed E-state index contributed by atoms with van der Waals surface area (Å²) in [5, 5.41) is 22.5. The predicted molar refractivity (Wildman–Crippen MR) is 83.2 cm³/mol. The van der Waals surface area contributed by atoms with Gasteiger partial charge in [-0.25, -0.2) is 4.99 Å². The number of rotatable bonds is 6. The number of hydrogen-bond acceptors (Lipinski definition) is 5. The highest BCUT2D eigenvalue weighted by Gasteiger charge is 2.24. The molecule has 0 aliphatic carbocycles. The van der Waals surface area contributed by atoms with Crippen molar-refractivity contribution in [2.24, 2.45) is 4.99 Å². The van der Waals surface area contributed by atoms with E-state index in [1.54, 1.807) is 13.0 Å². The van der Waals surface area contributed by atoms with Crippen molar-refractivity contribution in [3.63, 3.8) is 0 Å². The summed E-state index contributed by atoms with van der Waals surface area (Å²) in [5.74, 6) is 0.636. The van der Waals surface area contributed by atoms with Gasteiger partial charge in [-0.05, 0) is 25.3 Å². The maximum Gasteiger partial charge on any atom is 0.191 e. The van der Waals surface area contributed by atoms with Gasteiger partial charge in [-0.1, -0.05) is 11.2 Å². The van der Waals surface area contributed by atoms with E-state index in [0.717, 1.165) is 17.1 Å². The van der Waals surface area contributed by atoms with Crippen molar-refractivity contribution >= 4 is 17.3 Å². The van der Waals surface area contributed by atoms with Crippen molar-refractivity contribution < 1.29 is 9.63 Å². The SMILES string of the molecule is CCNC(=NCc1ccon1)NCC(C)(O)c1cccs1. The fraction of sp³-hybridized carbons (Fsp3) is 0.429. The molecule has 0 fully saturated rings. The second-order valence-corrected chi connectivity index (χ2v) is 5.74. The van der Waals surface area contributed by atoms with Gasteiger partial charge in [0.05, 0.1) is 13.1 Å². The molecule has 2 rings (SSSR count). The molecular weight excluding hydrogens is 288 g/mol. The lowest BCUT2D eigenvalue weighted by Crippen LogP contribution is -2.44. The number of aliphatic imine (C=N–C) groups is 1. The molecule has 3 N–H and O–H groups in total. The van der Waals surface area contributed by atoms with Crippen LogP contribution >= 0.6 is 11.3 Å². The lowest BCUT2D eigenvalue weighted by molar-refractivity contribution is 0.0655. The van der Waals surface area contributed by atoms with Crippen molar-refractivity contribution in [1.29, 1.82) is 0 Å². The Balaban J connectivity index is 1.95. The van der Waals surface area contributed by atoms with E-state index in [1.807, 2.05) is 24.4 Å². The van der Waals surface area contributed by atoms with E-state index >= 15 is 0 Å². The first kappa shape index (κ1) is 15.5. The highest BCUT2D eigenvalue weighted by molar-refractivity contribution is 7.10. The molecule has 0 aliphatic heterocycles. The van der Waals surface area contributed by atoms with Gasteiger partial charge in [-0.15, -0.1) is 11.3 Å². The summed E-state index contributed by atoms with van der Waals surface area (Å²) < 4.78 is 4.77. The summed E-state index contributed by atoms with van der Waals surface area (Å²) in [5.41, 5.74) is -0.171. The normalized spacial score (nSPS) is 14.7. The first-order valence-electron chi connectivity index (χ1n) is 6.79. The molecule has 21 heavy (non-hydrogen) atoms. The fourth-order valence-electron chi connectivity index (χ4n) is 1.75. The van der Waals surface area contributed by atoms with Gasteiger partial charge >= 0.3 is 0 Å². The minimum atomic E-state index is -0.932. The molecular formula is C14H20N4O2S. The third kappa shape index (κ3) is 4.57. The van der Waals surface area contributed by atoms with Crippen molar-refractivity contribution in [1.82, 2.24) is 15.8 Å². The number of aromatic nitrogens is 1. The fourth-order valence-corrected chi connectivity index (χ4v) is 2.54. The highest BCUT2D eigenvalue weighted by Crippen LogP contribution is 2.24. The summed E-state index contributed by atoms with van der Waals surface area (Å²) in [4.78, 5) is 5.32. The van der Waals surface area contributed by atoms with E-state index in [-0.39, 0.29) is 0 Å². The van der Waals surface area contributed by atoms with Gasteiger partial charge in [-0.3, -0.25) is 0 Å². The molecule has 1 atom stereocenters. The monoisotopic (exact) mass is 308 g/mol. The summed E-state index contributed by atoms with van der Waals surface area (Å²) in [6, 6.07) is 5.62. The molecule has 0 aromatic carbocycles. The van der Waals surface area contributed by atoms with Crippen molar-refractivity contribution in [2.75, 3.05) is 13.1 Å². The van der Waals surface area contributed by atoms with Gasteiger partial charge in [0.1, 0.15) is 17.6 Å². The van der Waals surface area contributed by atoms with Crippen molar-refractivity contribution in [3.05, 3.63) is 40.4 Å². The van der Waals surface area contributed by atoms with Crippen LogP contribution in [0.4, 0.5) is 0 Å². The number of guanidine groups is 1. The Hall–Kier alpha value is -1.86. The van der Waals surface area contributed by atoms with Gasteiger partial charge in [0.25, 0.3) is 0 Å². The van der Waals surface area contributed by atoms with Crippen LogP contribution in [-0.4, -0.2) is 29.3 Å². The Morgan fingerprint density at radius 1 is 1.48 bits per heavy atom. The molecule has 0 aliphatic rings. The third-order valence-electron chi connectivity index (χ3n) is 2.89. The van der Waals surface area contributed by atoms with Crippen molar-refractivity contribution in [3.8, 4) is 0 Å². The Labute approximate surface area is 127 Å². The lowest BCUT2D eigenvalue weighted by Gasteiger charge is -2.23. The maximum atomic E-state index is 10.5. The van der Waals surface area contributed by atoms with Crippen LogP contribution in [-0.2, 0) is 12.1 Å². The van der Waals surface area contributed by atoms with E-state index in [0.29, 0.717) is 19.0 Å². The molecule has 1 unspecified atom stereocenters. The second kappa shape index (κ2) is 7.24. The molecule has 7 heteroatoms. The first-order chi connectivity index (χ1) is 10.1. The summed E-state index contributed by atoms with van der Waals surface area (Å²) in [7, 11) is 0. The highest BCUT2D eigenvalue weighted by atomic mass is 32.1. The predicted octanol–water partition coefficient (Wildman–Crippen LogP) is 1.70. The van der Waals surface area contributed by atoms with Crippen molar-refractivity contribution in [2.45, 2.75) is 26.0 Å². The molecule has 114 valence electrons. The molecule has 0 amide bonds. The van der Waals surface area contributed by atoms with Crippen LogP contribution in [0.1, 0.15) is 24.4 Å². The van der Waals surface area contributed by atoms with Gasteiger partial charge in [-0.2, -0.15) is 0 Å². The molecule has 2 aromatic heterocycles. The van der Waals surface area contributed by atoms with Gasteiger partial charge in [0.15, 0.2) is 5.96 Å². The third-order valence-corrected chi connectivity index (χ3v) is 4.01. The molecule has 6 nitrogen and oxygen atoms in total. The van der Waals surface area contributed by atoms with Crippen LogP contribution < -0.4 is 10.6 Å². The zero-order chi connectivity index (χ0) is 15.1. The standard InChI is InChI=1S/C14H20N4O2S/c1-3-15-13(16-9-11-6-7-20-18-11)17-10-14(2,19)12-5-4-8-21-12/h4-8,19H,3,9-10H2,1-2H3,(H2,15,16,17). The summed E-state index contributed by atoms with van der Waals surface area (Å²) >= 11 is 1.53. The maximum absolute atomic E-state index is 10.5. The van der Waals surface area contributed by atoms with E-state index in [2.05, 4.69) is 20.8 Å². The van der Waals surface area contributed by atoms with Crippen LogP contribution in [0.2, 0.25) is 0 Å². The molecule has 2 heterocycles. The van der Waals surface area contributed by atoms with E-state index < -0.39 is 5.60 Å². The average molecular weight is 308 g/mol. The molecule has 0 saturated heterocycles. The number of nitrogens with zero attached hydrogens (tertiary/aromatic N) is 2. The molecule has 0 radical (unpaired) electrons. The van der Waals surface area contributed by atoms with Gasteiger partial charge < -0.3 is 20.3 Å². The Morgan fingerprint density at radius 2 is 2.33 bits per heavy atom. The Bertz CT molecular complexity index is 550. The van der Waals surface area contributed by atoms with Crippen LogP contribution in [0.25, 0.3) is 0 Å². The van der Waals surface area contributed by atoms with Crippen LogP contribution in [0.15, 0.2) is 39.4 Å². The number of aliphatic hydroxyl groups is 1. The topological polar surface area (TPSA) is 82.7 Å². The van der Waals surface area contributed by atoms with Gasteiger partial charge in [0, 0.05) is 17.5 Å². The smallest absolute Gasteiger partial charge is 0.191 e. The van der Waals surface area contributed by atoms with Crippen LogP contribution in [0.3, 0.4) is 0 Å². The van der Waals surface area contributed by atoms with E-state index in [4.69, 9.17) is 4.52 Å². The van der Waals surface area contributed by atoms with E-state index in [9.17, 15) is 5.11 Å². The van der Waals surface area contributed by atoms with Crippen LogP contribution in [0, 0.1) is 0 Å². The zero-order valence-electron chi connectivity index (χ0n) is 12.2. The Kier molecular flexibility index (Phi) is 5.35. The summed E-state index contributed by atoms with van der Waals surface area (Å²) in [6.45, 7) is 5.31. The van der Waals surface area contributed by atoms with E-state index in [1.165, 1.54) is 17.6 Å². The first-order valence-corrected chi connectivity index (χ1v) is 7.67. The van der Waals surface area contributed by atoms with Crippen LogP contribution in [0.5, 0.6) is 0 Å². The summed E-state index contributed by atoms with van der Waals surface area (Å²) in [6.07, 6.45) is 1.52. The molecule has 2 aromatic rings. The molecule has 0 saturated carbocycles. The number of thiophene rings is 1. The number of nitrogens with one attached hydrogen (secondary N) is 2. The largest absolute Gasteiger partial charge is 0.383 e.